The van der Waals surface area contributed by atoms with Gasteiger partial charge in [-0.15, -0.1) is 0 Å². The van der Waals surface area contributed by atoms with E-state index in [-0.39, 0.29) is 17.5 Å². The molecular formula is C15H24N2O. The molecule has 18 heavy (non-hydrogen) atoms. The van der Waals surface area contributed by atoms with E-state index in [9.17, 15) is 4.79 Å². The molecule has 1 aromatic rings. The monoisotopic (exact) mass is 248 g/mol. The van der Waals surface area contributed by atoms with Gasteiger partial charge in [0.1, 0.15) is 0 Å². The van der Waals surface area contributed by atoms with Crippen molar-refractivity contribution in [3.8, 4) is 0 Å². The van der Waals surface area contributed by atoms with Crippen molar-refractivity contribution in [1.29, 1.82) is 0 Å². The number of benzene rings is 1. The lowest BCUT2D eigenvalue weighted by molar-refractivity contribution is -0.121. The summed E-state index contributed by atoms with van der Waals surface area (Å²) in [5, 5.41) is 6.17. The van der Waals surface area contributed by atoms with Crippen LogP contribution in [0.2, 0.25) is 0 Å². The first-order valence-electron chi connectivity index (χ1n) is 6.43. The number of rotatable bonds is 5. The van der Waals surface area contributed by atoms with Crippen molar-refractivity contribution in [2.45, 2.75) is 46.2 Å². The van der Waals surface area contributed by atoms with E-state index in [4.69, 9.17) is 0 Å². The van der Waals surface area contributed by atoms with Gasteiger partial charge in [0.15, 0.2) is 0 Å². The van der Waals surface area contributed by atoms with E-state index in [0.717, 1.165) is 0 Å². The fraction of sp³-hybridized carbons (Fsp3) is 0.533. The van der Waals surface area contributed by atoms with E-state index in [0.29, 0.717) is 6.54 Å². The molecule has 0 aliphatic rings. The first-order valence-corrected chi connectivity index (χ1v) is 6.43. The van der Waals surface area contributed by atoms with E-state index in [1.165, 1.54) is 11.1 Å². The Bertz CT molecular complexity index is 411. The van der Waals surface area contributed by atoms with Gasteiger partial charge in [0.25, 0.3) is 0 Å². The van der Waals surface area contributed by atoms with Crippen LogP contribution < -0.4 is 10.6 Å². The molecule has 0 saturated heterocycles. The zero-order valence-electron chi connectivity index (χ0n) is 12.0. The van der Waals surface area contributed by atoms with Crippen molar-refractivity contribution >= 4 is 5.91 Å². The number of nitrogens with one attached hydrogen (secondary N) is 2. The van der Waals surface area contributed by atoms with Crippen LogP contribution in [0.3, 0.4) is 0 Å². The van der Waals surface area contributed by atoms with Crippen molar-refractivity contribution in [3.05, 3.63) is 35.4 Å². The minimum Gasteiger partial charge on any atom is -0.353 e. The summed E-state index contributed by atoms with van der Waals surface area (Å²) in [6.45, 7) is 10.5. The van der Waals surface area contributed by atoms with Crippen LogP contribution >= 0.6 is 0 Å². The molecule has 0 saturated carbocycles. The molecule has 3 nitrogen and oxygen atoms in total. The van der Waals surface area contributed by atoms with Gasteiger partial charge in [0.2, 0.25) is 5.91 Å². The van der Waals surface area contributed by atoms with E-state index in [2.05, 4.69) is 49.6 Å². The molecule has 1 amide bonds. The van der Waals surface area contributed by atoms with Gasteiger partial charge in [0, 0.05) is 11.6 Å². The molecule has 100 valence electrons. The highest BCUT2D eigenvalue weighted by Crippen LogP contribution is 2.20. The van der Waals surface area contributed by atoms with Gasteiger partial charge >= 0.3 is 0 Å². The Morgan fingerprint density at radius 1 is 1.33 bits per heavy atom. The van der Waals surface area contributed by atoms with E-state index >= 15 is 0 Å². The van der Waals surface area contributed by atoms with Crippen molar-refractivity contribution in [1.82, 2.24) is 10.6 Å². The van der Waals surface area contributed by atoms with Crippen molar-refractivity contribution in [3.63, 3.8) is 0 Å². The highest BCUT2D eigenvalue weighted by molar-refractivity contribution is 5.78. The Balaban J connectivity index is 2.62. The normalized spacial score (nSPS) is 11.7. The molecule has 0 aromatic heterocycles. The first-order chi connectivity index (χ1) is 8.31. The summed E-state index contributed by atoms with van der Waals surface area (Å²) < 4.78 is 0. The fourth-order valence-corrected chi connectivity index (χ4v) is 1.81. The van der Waals surface area contributed by atoms with E-state index < -0.39 is 0 Å². The first kappa shape index (κ1) is 14.7. The van der Waals surface area contributed by atoms with Gasteiger partial charge < -0.3 is 5.32 Å². The molecule has 0 radical (unpaired) electrons. The number of hydrogen-bond donors (Lipinski definition) is 2. The van der Waals surface area contributed by atoms with Crippen LogP contribution in [0.5, 0.6) is 0 Å². The number of aryl methyl sites for hydroxylation is 1. The van der Waals surface area contributed by atoms with E-state index in [1.54, 1.807) is 0 Å². The number of amides is 1. The average Bonchev–Trinajstić information content (AvgIpc) is 2.26. The van der Waals surface area contributed by atoms with Crippen LogP contribution in [0.4, 0.5) is 0 Å². The molecule has 1 rings (SSSR count). The summed E-state index contributed by atoms with van der Waals surface area (Å²) >= 11 is 0. The second kappa shape index (κ2) is 6.01. The second-order valence-electron chi connectivity index (χ2n) is 5.57. The Labute approximate surface area is 110 Å². The van der Waals surface area contributed by atoms with Gasteiger partial charge in [0.05, 0.1) is 6.54 Å². The molecular weight excluding hydrogens is 224 g/mol. The van der Waals surface area contributed by atoms with Gasteiger partial charge in [-0.3, -0.25) is 10.1 Å². The summed E-state index contributed by atoms with van der Waals surface area (Å²) in [5.74, 6) is 0.0331. The summed E-state index contributed by atoms with van der Waals surface area (Å²) in [4.78, 5) is 11.6. The quantitative estimate of drug-likeness (QED) is 0.840. The molecule has 0 aliphatic heterocycles. The molecule has 0 aliphatic carbocycles. The largest absolute Gasteiger partial charge is 0.353 e. The maximum absolute atomic E-state index is 11.6. The SMILES string of the molecule is Cc1cccc(C(C)(C)NCC(=O)NC(C)C)c1. The van der Waals surface area contributed by atoms with Crippen molar-refractivity contribution in [2.24, 2.45) is 0 Å². The number of hydrogen-bond acceptors (Lipinski definition) is 2. The summed E-state index contributed by atoms with van der Waals surface area (Å²) in [5.41, 5.74) is 2.22. The molecule has 0 bridgehead atoms. The molecule has 3 heteroatoms. The lowest BCUT2D eigenvalue weighted by Gasteiger charge is -2.27. The third-order valence-electron chi connectivity index (χ3n) is 2.88. The predicted octanol–water partition coefficient (Wildman–Crippen LogP) is 2.34. The number of carbonyl (C=O) groups is 1. The maximum Gasteiger partial charge on any atom is 0.234 e. The molecule has 0 fully saturated rings. The Hall–Kier alpha value is -1.35. The zero-order chi connectivity index (χ0) is 13.8. The van der Waals surface area contributed by atoms with Crippen LogP contribution in [0.15, 0.2) is 24.3 Å². The third-order valence-corrected chi connectivity index (χ3v) is 2.88. The smallest absolute Gasteiger partial charge is 0.234 e. The maximum atomic E-state index is 11.6. The minimum atomic E-state index is -0.208. The third kappa shape index (κ3) is 4.49. The van der Waals surface area contributed by atoms with E-state index in [1.807, 2.05) is 19.9 Å². The fourth-order valence-electron chi connectivity index (χ4n) is 1.81. The average molecular weight is 248 g/mol. The minimum absolute atomic E-state index is 0.0331. The van der Waals surface area contributed by atoms with Crippen molar-refractivity contribution < 1.29 is 4.79 Å². The molecule has 1 aromatic carbocycles. The summed E-state index contributed by atoms with van der Waals surface area (Å²) in [6, 6.07) is 8.53. The lowest BCUT2D eigenvalue weighted by Crippen LogP contribution is -2.44. The molecule has 0 atom stereocenters. The summed E-state index contributed by atoms with van der Waals surface area (Å²) in [7, 11) is 0. The van der Waals surface area contributed by atoms with Gasteiger partial charge in [-0.1, -0.05) is 29.8 Å². The lowest BCUT2D eigenvalue weighted by atomic mass is 9.93. The molecule has 2 N–H and O–H groups in total. The Morgan fingerprint density at radius 2 is 2.00 bits per heavy atom. The Kier molecular flexibility index (Phi) is 4.91. The van der Waals surface area contributed by atoms with Gasteiger partial charge in [-0.25, -0.2) is 0 Å². The van der Waals surface area contributed by atoms with Gasteiger partial charge in [-0.2, -0.15) is 0 Å². The van der Waals surface area contributed by atoms with Crippen LogP contribution in [0.1, 0.15) is 38.8 Å². The summed E-state index contributed by atoms with van der Waals surface area (Å²) in [6.07, 6.45) is 0. The standard InChI is InChI=1S/C15H24N2O/c1-11(2)17-14(18)10-16-15(4,5)13-8-6-7-12(3)9-13/h6-9,11,16H,10H2,1-5H3,(H,17,18). The highest BCUT2D eigenvalue weighted by Gasteiger charge is 2.20. The predicted molar refractivity (Wildman–Crippen MR) is 75.5 cm³/mol. The number of carbonyl (C=O) groups excluding carboxylic acids is 1. The van der Waals surface area contributed by atoms with Crippen molar-refractivity contribution in [2.75, 3.05) is 6.54 Å². The zero-order valence-corrected chi connectivity index (χ0v) is 12.0. The van der Waals surface area contributed by atoms with Crippen LogP contribution in [0, 0.1) is 6.92 Å². The van der Waals surface area contributed by atoms with Crippen LogP contribution in [-0.4, -0.2) is 18.5 Å². The molecule has 0 heterocycles. The molecule has 0 unspecified atom stereocenters. The molecule has 0 spiro atoms. The van der Waals surface area contributed by atoms with Gasteiger partial charge in [-0.05, 0) is 40.2 Å². The Morgan fingerprint density at radius 3 is 2.56 bits per heavy atom. The van der Waals surface area contributed by atoms with Crippen LogP contribution in [-0.2, 0) is 10.3 Å². The topological polar surface area (TPSA) is 41.1 Å². The second-order valence-corrected chi connectivity index (χ2v) is 5.57. The van der Waals surface area contributed by atoms with Crippen LogP contribution in [0.25, 0.3) is 0 Å². The highest BCUT2D eigenvalue weighted by atomic mass is 16.1.